The van der Waals surface area contributed by atoms with E-state index in [0.29, 0.717) is 0 Å². The van der Waals surface area contributed by atoms with Gasteiger partial charge in [0.2, 0.25) is 0 Å². The molecule has 0 saturated heterocycles. The number of benzene rings is 4. The van der Waals surface area contributed by atoms with Gasteiger partial charge in [0.1, 0.15) is 5.82 Å². The molecule has 2 unspecified atom stereocenters. The lowest BCUT2D eigenvalue weighted by Crippen LogP contribution is -2.24. The quantitative estimate of drug-likeness (QED) is 0.244. The number of pyridine rings is 2. The molecular formula is C36H25N3. The highest BCUT2D eigenvalue weighted by atomic mass is 15.3. The largest absolute Gasteiger partial charge is 0.316 e. The summed E-state index contributed by atoms with van der Waals surface area (Å²) in [5.41, 5.74) is 12.1. The van der Waals surface area contributed by atoms with Crippen molar-refractivity contribution >= 4 is 11.5 Å². The van der Waals surface area contributed by atoms with Crippen LogP contribution in [0.4, 0.5) is 11.5 Å². The van der Waals surface area contributed by atoms with Crippen molar-refractivity contribution in [1.29, 1.82) is 0 Å². The predicted molar refractivity (Wildman–Crippen MR) is 158 cm³/mol. The monoisotopic (exact) mass is 499 g/mol. The average Bonchev–Trinajstić information content (AvgIpc) is 3.31. The number of anilines is 2. The van der Waals surface area contributed by atoms with Gasteiger partial charge in [-0.25, -0.2) is 4.98 Å². The molecular weight excluding hydrogens is 474 g/mol. The normalized spacial score (nSPS) is 16.7. The third-order valence-electron chi connectivity index (χ3n) is 8.09. The first-order valence-corrected chi connectivity index (χ1v) is 13.4. The molecule has 0 amide bonds. The Labute approximate surface area is 228 Å². The highest BCUT2D eigenvalue weighted by Gasteiger charge is 2.46. The van der Waals surface area contributed by atoms with Crippen LogP contribution >= 0.6 is 0 Å². The van der Waals surface area contributed by atoms with E-state index in [1.807, 2.05) is 18.3 Å². The van der Waals surface area contributed by atoms with Gasteiger partial charge in [-0.1, -0.05) is 103 Å². The fourth-order valence-corrected chi connectivity index (χ4v) is 6.52. The van der Waals surface area contributed by atoms with E-state index in [2.05, 4.69) is 126 Å². The van der Waals surface area contributed by atoms with Gasteiger partial charge in [-0.2, -0.15) is 0 Å². The second-order valence-corrected chi connectivity index (χ2v) is 10.2. The molecule has 0 bridgehead atoms. The number of fused-ring (bicyclic) bond motifs is 5. The lowest BCUT2D eigenvalue weighted by molar-refractivity contribution is 0.636. The molecule has 3 heterocycles. The highest BCUT2D eigenvalue weighted by Crippen LogP contribution is 2.60. The Morgan fingerprint density at radius 1 is 0.538 bits per heavy atom. The maximum atomic E-state index is 5.24. The van der Waals surface area contributed by atoms with Gasteiger partial charge in [0.05, 0.1) is 17.4 Å². The summed E-state index contributed by atoms with van der Waals surface area (Å²) < 4.78 is 0. The summed E-state index contributed by atoms with van der Waals surface area (Å²) in [5, 5.41) is 0. The second-order valence-electron chi connectivity index (χ2n) is 10.2. The predicted octanol–water partition coefficient (Wildman–Crippen LogP) is 8.82. The lowest BCUT2D eigenvalue weighted by Gasteiger charge is -2.30. The van der Waals surface area contributed by atoms with Gasteiger partial charge in [-0.15, -0.1) is 0 Å². The molecule has 0 spiro atoms. The van der Waals surface area contributed by atoms with Crippen molar-refractivity contribution < 1.29 is 0 Å². The number of hydrogen-bond acceptors (Lipinski definition) is 3. The van der Waals surface area contributed by atoms with E-state index in [1.165, 1.54) is 39.1 Å². The van der Waals surface area contributed by atoms with E-state index in [-0.39, 0.29) is 12.0 Å². The molecule has 1 aliphatic heterocycles. The maximum absolute atomic E-state index is 5.24. The van der Waals surface area contributed by atoms with E-state index in [1.54, 1.807) is 0 Å². The second kappa shape index (κ2) is 8.78. The number of hydrogen-bond donors (Lipinski definition) is 0. The van der Waals surface area contributed by atoms with E-state index >= 15 is 0 Å². The van der Waals surface area contributed by atoms with E-state index < -0.39 is 0 Å². The van der Waals surface area contributed by atoms with Crippen LogP contribution in [0.25, 0.3) is 33.5 Å². The molecule has 6 aromatic rings. The smallest absolute Gasteiger partial charge is 0.134 e. The van der Waals surface area contributed by atoms with E-state index in [9.17, 15) is 0 Å². The SMILES string of the molecule is c1ccc(-c2cccc(N3c4cccc5c4C(c4ccccc4-c4ccccc4-5)C3c3ccccn3)n2)cc1. The van der Waals surface area contributed by atoms with Gasteiger partial charge >= 0.3 is 0 Å². The summed E-state index contributed by atoms with van der Waals surface area (Å²) in [7, 11) is 0. The minimum atomic E-state index is -0.0451. The molecule has 1 aliphatic carbocycles. The number of nitrogens with zero attached hydrogens (tertiary/aromatic N) is 3. The molecule has 4 aromatic carbocycles. The first kappa shape index (κ1) is 22.0. The van der Waals surface area contributed by atoms with Gasteiger partial charge in [0.15, 0.2) is 0 Å². The van der Waals surface area contributed by atoms with Crippen LogP contribution < -0.4 is 4.90 Å². The maximum Gasteiger partial charge on any atom is 0.134 e. The molecule has 0 radical (unpaired) electrons. The Balaban J connectivity index is 1.44. The van der Waals surface area contributed by atoms with Crippen molar-refractivity contribution in [2.24, 2.45) is 0 Å². The van der Waals surface area contributed by atoms with Gasteiger partial charge in [0, 0.05) is 23.4 Å². The fourth-order valence-electron chi connectivity index (χ4n) is 6.52. The molecule has 8 rings (SSSR count). The summed E-state index contributed by atoms with van der Waals surface area (Å²) in [6.45, 7) is 0. The summed E-state index contributed by atoms with van der Waals surface area (Å²) in [6.07, 6.45) is 1.91. The molecule has 2 aromatic heterocycles. The van der Waals surface area contributed by atoms with Gasteiger partial charge in [-0.05, 0) is 63.7 Å². The van der Waals surface area contributed by atoms with Crippen LogP contribution in [-0.4, -0.2) is 9.97 Å². The first-order chi connectivity index (χ1) is 19.4. The molecule has 184 valence electrons. The van der Waals surface area contributed by atoms with E-state index in [0.717, 1.165) is 22.8 Å². The Morgan fingerprint density at radius 3 is 2.05 bits per heavy atom. The third kappa shape index (κ3) is 3.37. The Morgan fingerprint density at radius 2 is 1.23 bits per heavy atom. The van der Waals surface area contributed by atoms with Crippen molar-refractivity contribution in [2.45, 2.75) is 12.0 Å². The molecule has 0 fully saturated rings. The van der Waals surface area contributed by atoms with Crippen LogP contribution in [0.2, 0.25) is 0 Å². The average molecular weight is 500 g/mol. The van der Waals surface area contributed by atoms with Gasteiger partial charge < -0.3 is 4.90 Å². The van der Waals surface area contributed by atoms with Crippen LogP contribution in [0.1, 0.15) is 28.8 Å². The Hall–Kier alpha value is -5.02. The zero-order valence-corrected chi connectivity index (χ0v) is 21.3. The molecule has 0 saturated carbocycles. The Bertz CT molecular complexity index is 1830. The number of rotatable bonds is 3. The van der Waals surface area contributed by atoms with E-state index in [4.69, 9.17) is 9.97 Å². The van der Waals surface area contributed by atoms with Crippen molar-refractivity contribution in [3.8, 4) is 33.5 Å². The highest BCUT2D eigenvalue weighted by molar-refractivity contribution is 5.94. The van der Waals surface area contributed by atoms with Crippen molar-refractivity contribution in [1.82, 2.24) is 9.97 Å². The number of aromatic nitrogens is 2. The fraction of sp³-hybridized carbons (Fsp3) is 0.0556. The van der Waals surface area contributed by atoms with Crippen LogP contribution in [0.15, 0.2) is 140 Å². The first-order valence-electron chi connectivity index (χ1n) is 13.4. The molecule has 2 aliphatic rings. The molecule has 3 nitrogen and oxygen atoms in total. The zero-order chi connectivity index (χ0) is 25.8. The Kier molecular flexibility index (Phi) is 4.95. The minimum Gasteiger partial charge on any atom is -0.316 e. The van der Waals surface area contributed by atoms with Gasteiger partial charge in [0.25, 0.3) is 0 Å². The molecule has 0 N–H and O–H groups in total. The van der Waals surface area contributed by atoms with Crippen molar-refractivity contribution in [3.63, 3.8) is 0 Å². The topological polar surface area (TPSA) is 29.0 Å². The zero-order valence-electron chi connectivity index (χ0n) is 21.3. The molecule has 2 atom stereocenters. The minimum absolute atomic E-state index is 0.0451. The van der Waals surface area contributed by atoms with Crippen molar-refractivity contribution in [3.05, 3.63) is 156 Å². The van der Waals surface area contributed by atoms with Crippen LogP contribution in [0.5, 0.6) is 0 Å². The lowest BCUT2D eigenvalue weighted by atomic mass is 9.83. The standard InChI is InChI=1S/C36H25N3/c1-2-12-24(13-3-1)30-20-11-22-33(38-30)39-32-21-10-18-28-26-15-5-4-14-25(26)27-16-6-7-17-29(27)35(34(28)32)36(39)31-19-8-9-23-37-31/h1-23,35-36H. The third-order valence-corrected chi connectivity index (χ3v) is 8.09. The molecule has 3 heteroatoms. The van der Waals surface area contributed by atoms with Gasteiger partial charge in [-0.3, -0.25) is 4.98 Å². The molecule has 39 heavy (non-hydrogen) atoms. The van der Waals surface area contributed by atoms with Crippen molar-refractivity contribution in [2.75, 3.05) is 4.90 Å². The summed E-state index contributed by atoms with van der Waals surface area (Å²) >= 11 is 0. The van der Waals surface area contributed by atoms with Crippen LogP contribution in [0, 0.1) is 0 Å². The summed E-state index contributed by atoms with van der Waals surface area (Å²) in [5.74, 6) is 1.02. The summed E-state index contributed by atoms with van der Waals surface area (Å²) in [4.78, 5) is 12.6. The summed E-state index contributed by atoms with van der Waals surface area (Å²) in [6, 6.07) is 47.4. The van der Waals surface area contributed by atoms with Crippen LogP contribution in [-0.2, 0) is 0 Å². The van der Waals surface area contributed by atoms with Crippen LogP contribution in [0.3, 0.4) is 0 Å².